The van der Waals surface area contributed by atoms with E-state index in [9.17, 15) is 31.1 Å². The molecular formula is C19H14BrF6N3O2. The number of pyridine rings is 1. The summed E-state index contributed by atoms with van der Waals surface area (Å²) in [5.74, 6) is -3.63. The van der Waals surface area contributed by atoms with Gasteiger partial charge in [-0.3, -0.25) is 9.78 Å². The lowest BCUT2D eigenvalue weighted by Gasteiger charge is -2.36. The van der Waals surface area contributed by atoms with Crippen molar-refractivity contribution < 1.29 is 35.9 Å². The van der Waals surface area contributed by atoms with Crippen LogP contribution in [-0.2, 0) is 16.7 Å². The Morgan fingerprint density at radius 2 is 2.00 bits per heavy atom. The van der Waals surface area contributed by atoms with Gasteiger partial charge in [0, 0.05) is 29.1 Å². The zero-order chi connectivity index (χ0) is 23.0. The molecule has 1 aromatic heterocycles. The number of aliphatic imine (C=N–C) groups is 1. The zero-order valence-corrected chi connectivity index (χ0v) is 17.1. The second kappa shape index (κ2) is 8.48. The van der Waals surface area contributed by atoms with E-state index >= 15 is 0 Å². The van der Waals surface area contributed by atoms with Gasteiger partial charge in [-0.15, -0.1) is 0 Å². The minimum atomic E-state index is -4.95. The monoisotopic (exact) mass is 509 g/mol. The standard InChI is InChI=1S/C19H14BrF6N3O2/c20-10-1-2-13(28-7-10)14(30)5-9-3-11(16(23)12(22)4-9)18(8-21)6-15(19(24,25)26)31-17(27)29-18/h1-4,7,15H,5-6,8H2,(H2,27,29)/t15-,18+/m0/s1. The first-order valence-corrected chi connectivity index (χ1v) is 9.52. The van der Waals surface area contributed by atoms with E-state index in [4.69, 9.17) is 5.73 Å². The Balaban J connectivity index is 2.02. The SMILES string of the molecule is NC1=N[C@](CF)(c2cc(CC(=O)c3ccc(Br)cn3)cc(F)c2F)C[C@@H](C(F)(F)F)O1. The molecule has 1 aliphatic heterocycles. The molecule has 2 heterocycles. The number of hydrogen-bond donors (Lipinski definition) is 1. The van der Waals surface area contributed by atoms with Crippen LogP contribution in [0.2, 0.25) is 0 Å². The highest BCUT2D eigenvalue weighted by Crippen LogP contribution is 2.42. The van der Waals surface area contributed by atoms with Crippen molar-refractivity contribution in [3.63, 3.8) is 0 Å². The van der Waals surface area contributed by atoms with Gasteiger partial charge in [0.05, 0.1) is 0 Å². The molecule has 0 aliphatic carbocycles. The fraction of sp³-hybridized carbons (Fsp3) is 0.316. The van der Waals surface area contributed by atoms with Crippen molar-refractivity contribution in [2.24, 2.45) is 10.7 Å². The Labute approximate surface area is 180 Å². The summed E-state index contributed by atoms with van der Waals surface area (Å²) in [6.07, 6.45) is -7.77. The molecule has 0 spiro atoms. The summed E-state index contributed by atoms with van der Waals surface area (Å²) in [6.45, 7) is -1.61. The Hall–Kier alpha value is -2.63. The molecular weight excluding hydrogens is 496 g/mol. The van der Waals surface area contributed by atoms with E-state index in [2.05, 4.69) is 30.6 Å². The molecule has 5 nitrogen and oxygen atoms in total. The molecule has 0 saturated carbocycles. The predicted molar refractivity (Wildman–Crippen MR) is 101 cm³/mol. The van der Waals surface area contributed by atoms with Crippen LogP contribution in [0.4, 0.5) is 26.3 Å². The quantitative estimate of drug-likeness (QED) is 0.479. The number of Topliss-reactive ketones (excluding diaryl/α,β-unsaturated/α-hetero) is 1. The van der Waals surface area contributed by atoms with Gasteiger partial charge in [-0.05, 0) is 45.8 Å². The van der Waals surface area contributed by atoms with Crippen LogP contribution in [-0.4, -0.2) is 35.7 Å². The Morgan fingerprint density at radius 3 is 2.58 bits per heavy atom. The van der Waals surface area contributed by atoms with E-state index in [1.807, 2.05) is 0 Å². The summed E-state index contributed by atoms with van der Waals surface area (Å²) in [7, 11) is 0. The fourth-order valence-corrected chi connectivity index (χ4v) is 3.42. The number of nitrogens with zero attached hydrogens (tertiary/aromatic N) is 2. The maximum atomic E-state index is 14.6. The summed E-state index contributed by atoms with van der Waals surface area (Å²) >= 11 is 3.16. The number of ketones is 1. The predicted octanol–water partition coefficient (Wildman–Crippen LogP) is 4.38. The summed E-state index contributed by atoms with van der Waals surface area (Å²) in [6, 6.07) is 3.55. The van der Waals surface area contributed by atoms with Gasteiger partial charge in [0.1, 0.15) is 17.9 Å². The first kappa shape index (κ1) is 23.0. The third-order valence-electron chi connectivity index (χ3n) is 4.66. The van der Waals surface area contributed by atoms with E-state index < -0.39 is 66.3 Å². The number of hydrogen-bond acceptors (Lipinski definition) is 5. The van der Waals surface area contributed by atoms with Gasteiger partial charge in [-0.25, -0.2) is 18.2 Å². The molecule has 166 valence electrons. The number of aromatic nitrogens is 1. The molecule has 0 bridgehead atoms. The number of alkyl halides is 4. The second-order valence-electron chi connectivity index (χ2n) is 6.87. The van der Waals surface area contributed by atoms with E-state index in [1.165, 1.54) is 12.3 Å². The van der Waals surface area contributed by atoms with Crippen LogP contribution in [0.25, 0.3) is 0 Å². The van der Waals surface area contributed by atoms with Crippen molar-refractivity contribution in [2.45, 2.75) is 30.7 Å². The lowest BCUT2D eigenvalue weighted by Crippen LogP contribution is -2.48. The zero-order valence-electron chi connectivity index (χ0n) is 15.5. The van der Waals surface area contributed by atoms with Crippen molar-refractivity contribution in [2.75, 3.05) is 6.67 Å². The number of benzene rings is 1. The second-order valence-corrected chi connectivity index (χ2v) is 7.78. The summed E-state index contributed by atoms with van der Waals surface area (Å²) < 4.78 is 87.4. The average Bonchev–Trinajstić information content (AvgIpc) is 2.69. The first-order chi connectivity index (χ1) is 14.4. The molecule has 0 fully saturated rings. The van der Waals surface area contributed by atoms with Crippen LogP contribution in [0.5, 0.6) is 0 Å². The van der Waals surface area contributed by atoms with Crippen LogP contribution >= 0.6 is 15.9 Å². The molecule has 0 amide bonds. The van der Waals surface area contributed by atoms with E-state index in [0.717, 1.165) is 6.07 Å². The third-order valence-corrected chi connectivity index (χ3v) is 5.13. The fourth-order valence-electron chi connectivity index (χ4n) is 3.19. The van der Waals surface area contributed by atoms with E-state index in [1.54, 1.807) is 6.07 Å². The Morgan fingerprint density at radius 1 is 1.29 bits per heavy atom. The molecule has 1 aliphatic rings. The maximum absolute atomic E-state index is 14.6. The summed E-state index contributed by atoms with van der Waals surface area (Å²) in [4.78, 5) is 19.9. The van der Waals surface area contributed by atoms with Crippen molar-refractivity contribution >= 4 is 27.7 Å². The molecule has 0 saturated heterocycles. The van der Waals surface area contributed by atoms with Gasteiger partial charge in [-0.1, -0.05) is 0 Å². The molecule has 0 radical (unpaired) electrons. The smallest absolute Gasteiger partial charge is 0.425 e. The van der Waals surface area contributed by atoms with E-state index in [-0.39, 0.29) is 11.3 Å². The highest BCUT2D eigenvalue weighted by Gasteiger charge is 2.52. The minimum Gasteiger partial charge on any atom is -0.452 e. The normalized spacial score (nSPS) is 21.4. The molecule has 0 unspecified atom stereocenters. The number of rotatable bonds is 5. The molecule has 12 heteroatoms. The van der Waals surface area contributed by atoms with Crippen molar-refractivity contribution in [1.82, 2.24) is 4.98 Å². The highest BCUT2D eigenvalue weighted by molar-refractivity contribution is 9.10. The Kier molecular flexibility index (Phi) is 6.30. The van der Waals surface area contributed by atoms with Crippen LogP contribution < -0.4 is 5.73 Å². The lowest BCUT2D eigenvalue weighted by molar-refractivity contribution is -0.209. The number of nitrogens with two attached hydrogens (primary N) is 1. The molecule has 1 aromatic carbocycles. The topological polar surface area (TPSA) is 77.6 Å². The molecule has 3 rings (SSSR count). The van der Waals surface area contributed by atoms with Crippen LogP contribution in [0.15, 0.2) is 39.9 Å². The van der Waals surface area contributed by atoms with Gasteiger partial charge < -0.3 is 10.5 Å². The molecule has 2 atom stereocenters. The third kappa shape index (κ3) is 4.83. The van der Waals surface area contributed by atoms with Gasteiger partial charge in [-0.2, -0.15) is 13.2 Å². The number of carbonyl (C=O) groups excluding carboxylic acids is 1. The summed E-state index contributed by atoms with van der Waals surface area (Å²) in [5.41, 5.74) is 1.96. The lowest BCUT2D eigenvalue weighted by atomic mass is 9.83. The number of halogens is 7. The molecule has 2 aromatic rings. The van der Waals surface area contributed by atoms with Crippen molar-refractivity contribution in [1.29, 1.82) is 0 Å². The van der Waals surface area contributed by atoms with Crippen LogP contribution in [0.1, 0.15) is 28.0 Å². The number of ether oxygens (including phenoxy) is 1. The summed E-state index contributed by atoms with van der Waals surface area (Å²) in [5, 5.41) is 0. The largest absolute Gasteiger partial charge is 0.452 e. The number of amidine groups is 1. The van der Waals surface area contributed by atoms with Crippen LogP contribution in [0.3, 0.4) is 0 Å². The van der Waals surface area contributed by atoms with Crippen LogP contribution in [0, 0.1) is 11.6 Å². The average molecular weight is 510 g/mol. The van der Waals surface area contributed by atoms with Gasteiger partial charge in [0.2, 0.25) is 0 Å². The molecule has 2 N–H and O–H groups in total. The molecule has 31 heavy (non-hydrogen) atoms. The Bertz CT molecular complexity index is 1030. The highest BCUT2D eigenvalue weighted by atomic mass is 79.9. The van der Waals surface area contributed by atoms with Crippen molar-refractivity contribution in [3.05, 3.63) is 63.4 Å². The van der Waals surface area contributed by atoms with E-state index in [0.29, 0.717) is 10.5 Å². The first-order valence-electron chi connectivity index (χ1n) is 8.73. The van der Waals surface area contributed by atoms with Gasteiger partial charge >= 0.3 is 6.18 Å². The minimum absolute atomic E-state index is 0.0279. The number of carbonyl (C=O) groups is 1. The van der Waals surface area contributed by atoms with Gasteiger partial charge in [0.25, 0.3) is 6.02 Å². The van der Waals surface area contributed by atoms with Crippen molar-refractivity contribution in [3.8, 4) is 0 Å². The van der Waals surface area contributed by atoms with Gasteiger partial charge in [0.15, 0.2) is 23.5 Å². The maximum Gasteiger partial charge on any atom is 0.425 e.